The molecule has 1 aromatic carbocycles. The van der Waals surface area contributed by atoms with Crippen molar-refractivity contribution in [3.63, 3.8) is 0 Å². The number of anilines is 1. The zero-order valence-electron chi connectivity index (χ0n) is 19.6. The summed E-state index contributed by atoms with van der Waals surface area (Å²) in [6, 6.07) is 3.07. The van der Waals surface area contributed by atoms with Crippen LogP contribution in [-0.4, -0.2) is 66.4 Å². The van der Waals surface area contributed by atoms with Crippen molar-refractivity contribution >= 4 is 47.4 Å². The van der Waals surface area contributed by atoms with Crippen molar-refractivity contribution in [1.82, 2.24) is 4.90 Å². The van der Waals surface area contributed by atoms with Gasteiger partial charge in [0.15, 0.2) is 5.12 Å². The van der Waals surface area contributed by atoms with E-state index >= 15 is 0 Å². The van der Waals surface area contributed by atoms with Crippen LogP contribution in [0.4, 0.5) is 10.5 Å². The minimum absolute atomic E-state index is 0.0422. The Morgan fingerprint density at radius 3 is 2.11 bits per heavy atom. The Kier molecular flexibility index (Phi) is 10.9. The first kappa shape index (κ1) is 28.4. The van der Waals surface area contributed by atoms with E-state index in [4.69, 9.17) is 14.2 Å². The molecule has 1 saturated heterocycles. The van der Waals surface area contributed by atoms with Crippen LogP contribution in [0.25, 0.3) is 0 Å². The van der Waals surface area contributed by atoms with Gasteiger partial charge in [0.25, 0.3) is 0 Å². The smallest absolute Gasteiger partial charge is 0.410 e. The number of hydrogen-bond acceptors (Lipinski definition) is 8. The molecule has 0 saturated carbocycles. The zero-order valence-corrected chi connectivity index (χ0v) is 20.5. The van der Waals surface area contributed by atoms with Crippen molar-refractivity contribution in [2.45, 2.75) is 18.9 Å². The van der Waals surface area contributed by atoms with Gasteiger partial charge in [-0.1, -0.05) is 38.0 Å². The van der Waals surface area contributed by atoms with Crippen molar-refractivity contribution in [3.8, 4) is 0 Å². The third-order valence-corrected chi connectivity index (χ3v) is 5.29. The van der Waals surface area contributed by atoms with Crippen molar-refractivity contribution in [1.29, 1.82) is 0 Å². The van der Waals surface area contributed by atoms with E-state index in [0.29, 0.717) is 0 Å². The summed E-state index contributed by atoms with van der Waals surface area (Å²) in [4.78, 5) is 63.3. The molecule has 10 nitrogen and oxygen atoms in total. The molecule has 2 atom stereocenters. The number of carbonyl (C=O) groups is 5. The van der Waals surface area contributed by atoms with Crippen LogP contribution in [0.2, 0.25) is 0 Å². The van der Waals surface area contributed by atoms with E-state index in [1.165, 1.54) is 41.3 Å². The highest BCUT2D eigenvalue weighted by atomic mass is 32.1. The lowest BCUT2D eigenvalue weighted by Crippen LogP contribution is -2.43. The van der Waals surface area contributed by atoms with Crippen LogP contribution >= 0.6 is 12.6 Å². The summed E-state index contributed by atoms with van der Waals surface area (Å²) >= 11 is 3.79. The van der Waals surface area contributed by atoms with Crippen LogP contribution in [0.3, 0.4) is 0 Å². The van der Waals surface area contributed by atoms with Crippen molar-refractivity contribution in [2.75, 3.05) is 31.7 Å². The number of nitrogens with one attached hydrogen (secondary N) is 1. The number of hydrogen-bond donors (Lipinski definition) is 2. The minimum Gasteiger partial charge on any atom is -0.458 e. The maximum atomic E-state index is 13.1. The lowest BCUT2D eigenvalue weighted by atomic mass is 10.0. The molecule has 1 aliphatic rings. The van der Waals surface area contributed by atoms with E-state index in [1.54, 1.807) is 0 Å². The van der Waals surface area contributed by atoms with E-state index in [-0.39, 0.29) is 67.1 Å². The molecular formula is C25H28N2O8S. The third-order valence-electron chi connectivity index (χ3n) is 5.10. The predicted octanol–water partition coefficient (Wildman–Crippen LogP) is 3.17. The van der Waals surface area contributed by atoms with Gasteiger partial charge in [-0.2, -0.15) is 0 Å². The SMILES string of the molecule is C=CCOC(=O)c1ccc(NC(=O)[C@@H]2C[C@@H](CC(=O)S)CN2C(=O)OCC=C)cc1C(=O)OCC=C. The Morgan fingerprint density at radius 2 is 1.53 bits per heavy atom. The number of nitrogens with zero attached hydrogens (tertiary/aromatic N) is 1. The number of benzene rings is 1. The second-order valence-corrected chi connectivity index (χ2v) is 8.26. The van der Waals surface area contributed by atoms with Crippen LogP contribution in [-0.2, 0) is 23.8 Å². The summed E-state index contributed by atoms with van der Waals surface area (Å²) < 4.78 is 15.2. The molecule has 192 valence electrons. The molecule has 2 rings (SSSR count). The molecule has 1 fully saturated rings. The van der Waals surface area contributed by atoms with Gasteiger partial charge in [0, 0.05) is 18.7 Å². The highest BCUT2D eigenvalue weighted by molar-refractivity contribution is 7.96. The van der Waals surface area contributed by atoms with E-state index in [0.717, 1.165) is 0 Å². The Labute approximate surface area is 214 Å². The standard InChI is InChI=1S/C25H28N2O8S/c1-4-9-33-23(30)18-8-7-17(14-19(18)24(31)34-10-5-2)26-22(29)20-12-16(13-21(28)36)15-27(20)25(32)35-11-6-3/h4-8,14,16,20H,1-3,9-13,15H2,(H,26,29)(H,28,36)/t16-,20-/m0/s1. The molecule has 0 radical (unpaired) electrons. The number of rotatable bonds is 12. The maximum Gasteiger partial charge on any atom is 0.410 e. The summed E-state index contributed by atoms with van der Waals surface area (Å²) in [7, 11) is 0. The summed E-state index contributed by atoms with van der Waals surface area (Å²) in [5, 5.41) is 2.29. The van der Waals surface area contributed by atoms with Gasteiger partial charge in [-0.25, -0.2) is 14.4 Å². The van der Waals surface area contributed by atoms with E-state index < -0.39 is 30.0 Å². The minimum atomic E-state index is -0.937. The van der Waals surface area contributed by atoms with Crippen LogP contribution in [0.5, 0.6) is 0 Å². The first-order valence-electron chi connectivity index (χ1n) is 11.0. The number of likely N-dealkylation sites (tertiary alicyclic amines) is 1. The molecule has 1 N–H and O–H groups in total. The lowest BCUT2D eigenvalue weighted by Gasteiger charge is -2.23. The first-order valence-corrected chi connectivity index (χ1v) is 11.4. The third kappa shape index (κ3) is 7.84. The fraction of sp³-hybridized carbons (Fsp3) is 0.320. The molecule has 0 bridgehead atoms. The molecular weight excluding hydrogens is 488 g/mol. The van der Waals surface area contributed by atoms with Crippen LogP contribution in [0.15, 0.2) is 56.2 Å². The van der Waals surface area contributed by atoms with Gasteiger partial charge in [0.1, 0.15) is 25.9 Å². The number of carbonyl (C=O) groups excluding carboxylic acids is 5. The van der Waals surface area contributed by atoms with Gasteiger partial charge in [-0.05, 0) is 30.5 Å². The Hall–Kier alpha value is -3.86. The molecule has 1 aliphatic heterocycles. The van der Waals surface area contributed by atoms with Gasteiger partial charge < -0.3 is 19.5 Å². The van der Waals surface area contributed by atoms with E-state index in [1.807, 2.05) is 0 Å². The lowest BCUT2D eigenvalue weighted by molar-refractivity contribution is -0.120. The number of thiol groups is 1. The van der Waals surface area contributed by atoms with Gasteiger partial charge in [0.2, 0.25) is 5.91 Å². The monoisotopic (exact) mass is 516 g/mol. The highest BCUT2D eigenvalue weighted by Crippen LogP contribution is 2.29. The molecule has 36 heavy (non-hydrogen) atoms. The second-order valence-electron chi connectivity index (χ2n) is 7.76. The Morgan fingerprint density at radius 1 is 0.944 bits per heavy atom. The summed E-state index contributed by atoms with van der Waals surface area (Å²) in [6.07, 6.45) is 3.71. The normalized spacial score (nSPS) is 16.4. The molecule has 1 aromatic rings. The van der Waals surface area contributed by atoms with Crippen molar-refractivity contribution in [2.24, 2.45) is 5.92 Å². The second kappa shape index (κ2) is 13.9. The number of amides is 2. The average molecular weight is 517 g/mol. The van der Waals surface area contributed by atoms with Gasteiger partial charge in [-0.3, -0.25) is 14.5 Å². The quantitative estimate of drug-likeness (QED) is 0.188. The van der Waals surface area contributed by atoms with Crippen molar-refractivity contribution in [3.05, 3.63) is 67.3 Å². The van der Waals surface area contributed by atoms with Gasteiger partial charge in [-0.15, -0.1) is 12.6 Å². The fourth-order valence-electron chi connectivity index (χ4n) is 3.60. The zero-order chi connectivity index (χ0) is 26.7. The Bertz CT molecular complexity index is 1050. The average Bonchev–Trinajstić information content (AvgIpc) is 3.27. The number of ether oxygens (including phenoxy) is 3. The molecule has 2 amide bonds. The Balaban J connectivity index is 2.29. The molecule has 0 aliphatic carbocycles. The number of esters is 2. The van der Waals surface area contributed by atoms with E-state index in [9.17, 15) is 24.0 Å². The molecule has 11 heteroatoms. The van der Waals surface area contributed by atoms with Gasteiger partial charge in [0.05, 0.1) is 11.1 Å². The molecule has 0 spiro atoms. The van der Waals surface area contributed by atoms with E-state index in [2.05, 4.69) is 37.7 Å². The molecule has 0 aromatic heterocycles. The topological polar surface area (TPSA) is 128 Å². The molecule has 1 heterocycles. The first-order chi connectivity index (χ1) is 17.2. The summed E-state index contributed by atoms with van der Waals surface area (Å²) in [5.74, 6) is -2.44. The maximum absolute atomic E-state index is 13.1. The fourth-order valence-corrected chi connectivity index (χ4v) is 3.86. The summed E-state index contributed by atoms with van der Waals surface area (Å²) in [6.45, 7) is 10.4. The van der Waals surface area contributed by atoms with Crippen LogP contribution in [0, 0.1) is 5.92 Å². The highest BCUT2D eigenvalue weighted by Gasteiger charge is 2.41. The van der Waals surface area contributed by atoms with Crippen LogP contribution in [0.1, 0.15) is 33.6 Å². The van der Waals surface area contributed by atoms with Crippen molar-refractivity contribution < 1.29 is 38.2 Å². The van der Waals surface area contributed by atoms with Crippen LogP contribution < -0.4 is 5.32 Å². The van der Waals surface area contributed by atoms with Gasteiger partial charge >= 0.3 is 18.0 Å². The summed E-state index contributed by atoms with van der Waals surface area (Å²) in [5.41, 5.74) is -0.0124. The molecule has 0 unspecified atom stereocenters. The predicted molar refractivity (Wildman–Crippen MR) is 135 cm³/mol. The largest absolute Gasteiger partial charge is 0.458 e.